The topological polar surface area (TPSA) is 26.3 Å². The summed E-state index contributed by atoms with van der Waals surface area (Å²) >= 11 is 0. The molecule has 0 fully saturated rings. The van der Waals surface area contributed by atoms with E-state index in [9.17, 15) is 4.79 Å². The lowest BCUT2D eigenvalue weighted by atomic mass is 9.73. The van der Waals surface area contributed by atoms with Crippen LogP contribution in [0, 0.1) is 11.3 Å². The van der Waals surface area contributed by atoms with E-state index in [1.807, 2.05) is 45.9 Å². The van der Waals surface area contributed by atoms with Gasteiger partial charge >= 0.3 is 5.97 Å². The van der Waals surface area contributed by atoms with Gasteiger partial charge in [-0.2, -0.15) is 0 Å². The summed E-state index contributed by atoms with van der Waals surface area (Å²) in [5.74, 6) is 0.962. The molecule has 0 saturated carbocycles. The van der Waals surface area contributed by atoms with Crippen molar-refractivity contribution in [1.29, 1.82) is 0 Å². The van der Waals surface area contributed by atoms with E-state index >= 15 is 0 Å². The molecular formula is C16H20O2. The molecule has 1 aliphatic heterocycles. The summed E-state index contributed by atoms with van der Waals surface area (Å²) in [5, 5.41) is 0. The highest BCUT2D eigenvalue weighted by atomic mass is 16.5. The van der Waals surface area contributed by atoms with Gasteiger partial charge in [-0.1, -0.05) is 44.2 Å². The number of ether oxygens (including phenoxy) is 1. The van der Waals surface area contributed by atoms with Crippen LogP contribution in [0.25, 0.3) is 0 Å². The van der Waals surface area contributed by atoms with Crippen LogP contribution in [0.1, 0.15) is 39.2 Å². The number of benzene rings is 1. The van der Waals surface area contributed by atoms with Crippen molar-refractivity contribution >= 4 is 5.97 Å². The first kappa shape index (κ1) is 12.9. The lowest BCUT2D eigenvalue weighted by Crippen LogP contribution is -2.36. The minimum absolute atomic E-state index is 0.0809. The molecule has 1 aromatic carbocycles. The Morgan fingerprint density at radius 3 is 2.33 bits per heavy atom. The molecule has 96 valence electrons. The first-order valence-corrected chi connectivity index (χ1v) is 6.42. The lowest BCUT2D eigenvalue weighted by molar-refractivity contribution is -0.153. The normalized spacial score (nSPS) is 22.6. The molecule has 1 aromatic rings. The maximum atomic E-state index is 12.2. The number of hydrogen-bond acceptors (Lipinski definition) is 2. The first-order chi connectivity index (χ1) is 8.43. The van der Waals surface area contributed by atoms with Crippen LogP contribution < -0.4 is 0 Å². The van der Waals surface area contributed by atoms with Crippen molar-refractivity contribution in [3.8, 4) is 0 Å². The van der Waals surface area contributed by atoms with Crippen molar-refractivity contribution in [2.45, 2.75) is 33.6 Å². The Balaban J connectivity index is 2.47. The van der Waals surface area contributed by atoms with Gasteiger partial charge in [-0.05, 0) is 25.5 Å². The molecule has 18 heavy (non-hydrogen) atoms. The zero-order valence-corrected chi connectivity index (χ0v) is 11.4. The van der Waals surface area contributed by atoms with E-state index < -0.39 is 5.41 Å². The van der Waals surface area contributed by atoms with Crippen LogP contribution >= 0.6 is 0 Å². The molecule has 0 radical (unpaired) electrons. The Bertz CT molecular complexity index is 469. The molecule has 0 bridgehead atoms. The number of cyclic esters (lactones) is 1. The van der Waals surface area contributed by atoms with Gasteiger partial charge in [-0.25, -0.2) is 0 Å². The van der Waals surface area contributed by atoms with E-state index in [4.69, 9.17) is 4.74 Å². The highest BCUT2D eigenvalue weighted by molar-refractivity contribution is 5.80. The Kier molecular flexibility index (Phi) is 3.29. The third-order valence-corrected chi connectivity index (χ3v) is 3.57. The first-order valence-electron chi connectivity index (χ1n) is 6.42. The molecule has 1 atom stereocenters. The summed E-state index contributed by atoms with van der Waals surface area (Å²) in [6, 6.07) is 10.1. The fraction of sp³-hybridized carbons (Fsp3) is 0.438. The second kappa shape index (κ2) is 4.60. The van der Waals surface area contributed by atoms with Crippen molar-refractivity contribution in [3.05, 3.63) is 47.7 Å². The summed E-state index contributed by atoms with van der Waals surface area (Å²) in [6.07, 6.45) is 2.10. The van der Waals surface area contributed by atoms with Crippen molar-refractivity contribution in [3.63, 3.8) is 0 Å². The Morgan fingerprint density at radius 2 is 1.78 bits per heavy atom. The van der Waals surface area contributed by atoms with E-state index in [1.165, 1.54) is 0 Å². The second-order valence-corrected chi connectivity index (χ2v) is 5.72. The Labute approximate surface area is 109 Å². The maximum Gasteiger partial charge on any atom is 0.317 e. The van der Waals surface area contributed by atoms with Crippen LogP contribution in [-0.4, -0.2) is 5.97 Å². The zero-order chi connectivity index (χ0) is 13.3. The van der Waals surface area contributed by atoms with E-state index in [0.717, 1.165) is 11.3 Å². The van der Waals surface area contributed by atoms with Crippen LogP contribution in [0.4, 0.5) is 0 Å². The molecule has 1 aliphatic rings. The molecule has 0 spiro atoms. The lowest BCUT2D eigenvalue weighted by Gasteiger charge is -2.36. The summed E-state index contributed by atoms with van der Waals surface area (Å²) in [6.45, 7) is 7.97. The average molecular weight is 244 g/mol. The molecule has 1 heterocycles. The van der Waals surface area contributed by atoms with Crippen LogP contribution in [-0.2, 0) is 9.53 Å². The van der Waals surface area contributed by atoms with Crippen molar-refractivity contribution in [2.24, 2.45) is 11.3 Å². The van der Waals surface area contributed by atoms with Gasteiger partial charge in [0.2, 0.25) is 0 Å². The molecule has 0 N–H and O–H groups in total. The number of carbonyl (C=O) groups excluding carboxylic acids is 1. The monoisotopic (exact) mass is 244 g/mol. The number of carbonyl (C=O) groups is 1. The Morgan fingerprint density at radius 1 is 1.17 bits per heavy atom. The molecule has 0 saturated heterocycles. The molecule has 1 unspecified atom stereocenters. The summed E-state index contributed by atoms with van der Waals surface area (Å²) in [5.41, 5.74) is 0.650. The quantitative estimate of drug-likeness (QED) is 0.738. The van der Waals surface area contributed by atoms with E-state index in [-0.39, 0.29) is 17.8 Å². The van der Waals surface area contributed by atoms with E-state index in [2.05, 4.69) is 18.2 Å². The molecular weight excluding hydrogens is 224 g/mol. The van der Waals surface area contributed by atoms with Crippen molar-refractivity contribution in [1.82, 2.24) is 0 Å². The van der Waals surface area contributed by atoms with E-state index in [0.29, 0.717) is 0 Å². The summed E-state index contributed by atoms with van der Waals surface area (Å²) < 4.78 is 5.44. The second-order valence-electron chi connectivity index (χ2n) is 5.72. The molecule has 0 aliphatic carbocycles. The van der Waals surface area contributed by atoms with Crippen LogP contribution in [0.15, 0.2) is 42.2 Å². The van der Waals surface area contributed by atoms with Crippen molar-refractivity contribution in [2.75, 3.05) is 0 Å². The molecule has 0 amide bonds. The summed E-state index contributed by atoms with van der Waals surface area (Å²) in [4.78, 5) is 12.2. The molecule has 2 rings (SSSR count). The molecule has 0 aromatic heterocycles. The Hall–Kier alpha value is -1.57. The van der Waals surface area contributed by atoms with Gasteiger partial charge < -0.3 is 4.74 Å². The standard InChI is InChI=1S/C16H20O2/c1-11(2)14-10-13(12-8-6-5-7-9-12)16(3,4)15(17)18-14/h5-11,13H,1-4H3. The molecule has 2 nitrogen and oxygen atoms in total. The minimum atomic E-state index is -0.514. The van der Waals surface area contributed by atoms with Crippen LogP contribution in [0.2, 0.25) is 0 Å². The fourth-order valence-corrected chi connectivity index (χ4v) is 2.26. The third-order valence-electron chi connectivity index (χ3n) is 3.57. The van der Waals surface area contributed by atoms with Gasteiger partial charge in [-0.3, -0.25) is 4.79 Å². The van der Waals surface area contributed by atoms with Gasteiger partial charge in [0.15, 0.2) is 0 Å². The number of esters is 1. The van der Waals surface area contributed by atoms with Crippen LogP contribution in [0.5, 0.6) is 0 Å². The fourth-order valence-electron chi connectivity index (χ4n) is 2.26. The number of rotatable bonds is 2. The zero-order valence-electron chi connectivity index (χ0n) is 11.4. The predicted molar refractivity (Wildman–Crippen MR) is 72.0 cm³/mol. The van der Waals surface area contributed by atoms with Gasteiger partial charge in [0.05, 0.1) is 5.41 Å². The summed E-state index contributed by atoms with van der Waals surface area (Å²) in [7, 11) is 0. The molecule has 2 heteroatoms. The average Bonchev–Trinajstić information content (AvgIpc) is 2.33. The number of hydrogen-bond donors (Lipinski definition) is 0. The highest BCUT2D eigenvalue weighted by Gasteiger charge is 2.42. The largest absolute Gasteiger partial charge is 0.431 e. The smallest absolute Gasteiger partial charge is 0.317 e. The van der Waals surface area contributed by atoms with E-state index in [1.54, 1.807) is 0 Å². The van der Waals surface area contributed by atoms with Gasteiger partial charge in [-0.15, -0.1) is 0 Å². The van der Waals surface area contributed by atoms with Crippen LogP contribution in [0.3, 0.4) is 0 Å². The van der Waals surface area contributed by atoms with Gasteiger partial charge in [0.25, 0.3) is 0 Å². The van der Waals surface area contributed by atoms with Crippen molar-refractivity contribution < 1.29 is 9.53 Å². The minimum Gasteiger partial charge on any atom is -0.431 e. The van der Waals surface area contributed by atoms with Gasteiger partial charge in [0, 0.05) is 11.8 Å². The number of allylic oxidation sites excluding steroid dienone is 2. The SMILES string of the molecule is CC(C)C1=CC(c2ccccc2)C(C)(C)C(=O)O1. The maximum absolute atomic E-state index is 12.2. The van der Waals surface area contributed by atoms with Gasteiger partial charge in [0.1, 0.15) is 5.76 Å². The predicted octanol–water partition coefficient (Wildman–Crippen LogP) is 3.89. The third kappa shape index (κ3) is 2.20. The highest BCUT2D eigenvalue weighted by Crippen LogP contribution is 2.43.